The Balaban J connectivity index is 2.52. The second-order valence-electron chi connectivity index (χ2n) is 5.02. The molecule has 0 aliphatic heterocycles. The first-order valence-corrected chi connectivity index (χ1v) is 5.94. The quantitative estimate of drug-likeness (QED) is 0.758. The Hall–Kier alpha value is -2.05. The zero-order chi connectivity index (χ0) is 14.6. The number of hydrogen-bond acceptors (Lipinski definition) is 4. The van der Waals surface area contributed by atoms with E-state index in [2.05, 4.69) is 15.6 Å². The Morgan fingerprint density at radius 3 is 2.47 bits per heavy atom. The predicted molar refractivity (Wildman–Crippen MR) is 69.1 cm³/mol. The lowest BCUT2D eigenvalue weighted by Gasteiger charge is -2.25. The number of rotatable bonds is 5. The first-order valence-electron chi connectivity index (χ1n) is 5.94. The van der Waals surface area contributed by atoms with Gasteiger partial charge >= 0.3 is 18.0 Å². The second kappa shape index (κ2) is 5.73. The minimum Gasteiger partial charge on any atom is -0.481 e. The highest BCUT2D eigenvalue weighted by molar-refractivity contribution is 5.87. The fraction of sp³-hybridized carbons (Fsp3) is 0.583. The molecule has 0 saturated carbocycles. The number of anilines is 1. The summed E-state index contributed by atoms with van der Waals surface area (Å²) in [6.07, 6.45) is 0.323. The number of aliphatic carboxylic acids is 1. The maximum absolute atomic E-state index is 11.7. The smallest absolute Gasteiger partial charge is 0.323 e. The van der Waals surface area contributed by atoms with Gasteiger partial charge in [-0.2, -0.15) is 4.98 Å². The van der Waals surface area contributed by atoms with Crippen molar-refractivity contribution in [1.29, 1.82) is 0 Å². The highest BCUT2D eigenvalue weighted by atomic mass is 16.4. The topological polar surface area (TPSA) is 104 Å². The fourth-order valence-corrected chi connectivity index (χ4v) is 1.44. The van der Waals surface area contributed by atoms with Crippen LogP contribution in [-0.2, 0) is 4.79 Å². The maximum Gasteiger partial charge on any atom is 0.323 e. The van der Waals surface area contributed by atoms with Crippen LogP contribution in [0.25, 0.3) is 0 Å². The molecule has 0 bridgehead atoms. The number of carbonyl (C=O) groups is 2. The van der Waals surface area contributed by atoms with Gasteiger partial charge in [0.1, 0.15) is 5.76 Å². The third-order valence-corrected chi connectivity index (χ3v) is 2.66. The molecule has 0 radical (unpaired) electrons. The zero-order valence-corrected chi connectivity index (χ0v) is 11.5. The Kier molecular flexibility index (Phi) is 4.52. The van der Waals surface area contributed by atoms with Gasteiger partial charge in [-0.3, -0.25) is 10.1 Å². The van der Waals surface area contributed by atoms with Gasteiger partial charge in [-0.15, -0.1) is 0 Å². The number of aromatic nitrogens is 1. The molecule has 0 aliphatic carbocycles. The van der Waals surface area contributed by atoms with Crippen LogP contribution in [0.3, 0.4) is 0 Å². The molecule has 19 heavy (non-hydrogen) atoms. The van der Waals surface area contributed by atoms with Crippen molar-refractivity contribution in [3.8, 4) is 0 Å². The van der Waals surface area contributed by atoms with E-state index in [4.69, 9.17) is 9.52 Å². The summed E-state index contributed by atoms with van der Waals surface area (Å²) in [4.78, 5) is 26.3. The molecule has 0 fully saturated rings. The van der Waals surface area contributed by atoms with E-state index in [0.29, 0.717) is 17.9 Å². The van der Waals surface area contributed by atoms with Crippen molar-refractivity contribution in [2.75, 3.05) is 5.32 Å². The molecule has 1 aromatic rings. The van der Waals surface area contributed by atoms with Gasteiger partial charge in [0.25, 0.3) is 0 Å². The number of carbonyl (C=O) groups excluding carboxylic acids is 1. The van der Waals surface area contributed by atoms with Gasteiger partial charge < -0.3 is 14.8 Å². The first kappa shape index (κ1) is 15.0. The Bertz CT molecular complexity index is 460. The third kappa shape index (κ3) is 4.99. The average Bonchev–Trinajstić information content (AvgIpc) is 2.54. The monoisotopic (exact) mass is 269 g/mol. The molecule has 1 rings (SSSR count). The van der Waals surface area contributed by atoms with Crippen molar-refractivity contribution in [3.05, 3.63) is 11.5 Å². The van der Waals surface area contributed by atoms with Crippen molar-refractivity contribution >= 4 is 18.0 Å². The summed E-state index contributed by atoms with van der Waals surface area (Å²) >= 11 is 0. The van der Waals surface area contributed by atoms with Crippen LogP contribution in [0.15, 0.2) is 4.42 Å². The molecule has 0 saturated heterocycles. The van der Waals surface area contributed by atoms with Crippen molar-refractivity contribution in [2.24, 2.45) is 0 Å². The van der Waals surface area contributed by atoms with Crippen LogP contribution in [0.4, 0.5) is 10.8 Å². The molecule has 2 amide bonds. The maximum atomic E-state index is 11.7. The molecule has 0 atom stereocenters. The van der Waals surface area contributed by atoms with E-state index < -0.39 is 17.5 Å². The minimum absolute atomic E-state index is 0.00943. The number of nitrogens with one attached hydrogen (secondary N) is 2. The van der Waals surface area contributed by atoms with Gasteiger partial charge in [0.05, 0.1) is 5.69 Å². The van der Waals surface area contributed by atoms with Gasteiger partial charge in [-0.25, -0.2) is 4.79 Å². The van der Waals surface area contributed by atoms with Gasteiger partial charge in [0, 0.05) is 12.0 Å². The number of hydrogen-bond donors (Lipinski definition) is 3. The molecule has 0 aliphatic rings. The summed E-state index contributed by atoms with van der Waals surface area (Å²) in [7, 11) is 0. The van der Waals surface area contributed by atoms with Crippen molar-refractivity contribution in [2.45, 2.75) is 46.1 Å². The van der Waals surface area contributed by atoms with Gasteiger partial charge in [-0.1, -0.05) is 0 Å². The molecule has 3 N–H and O–H groups in total. The lowest BCUT2D eigenvalue weighted by Crippen LogP contribution is -2.45. The summed E-state index contributed by atoms with van der Waals surface area (Å²) in [5.41, 5.74) is 0.0829. The van der Waals surface area contributed by atoms with Crippen LogP contribution in [0.1, 0.15) is 38.1 Å². The van der Waals surface area contributed by atoms with E-state index in [1.165, 1.54) is 0 Å². The minimum atomic E-state index is -0.894. The molecular weight excluding hydrogens is 250 g/mol. The molecule has 0 spiro atoms. The molecule has 0 unspecified atom stereocenters. The summed E-state index contributed by atoms with van der Waals surface area (Å²) in [5.74, 6) is -0.255. The summed E-state index contributed by atoms with van der Waals surface area (Å²) in [6.45, 7) is 7.03. The molecule has 0 aromatic carbocycles. The normalized spacial score (nSPS) is 11.2. The van der Waals surface area contributed by atoms with E-state index in [-0.39, 0.29) is 12.4 Å². The van der Waals surface area contributed by atoms with Crippen molar-refractivity contribution < 1.29 is 19.1 Å². The van der Waals surface area contributed by atoms with Crippen LogP contribution in [0.2, 0.25) is 0 Å². The number of nitrogens with zero attached hydrogens (tertiary/aromatic N) is 1. The molecule has 1 heterocycles. The molecule has 106 valence electrons. The summed E-state index contributed by atoms with van der Waals surface area (Å²) in [6, 6.07) is -0.349. The largest absolute Gasteiger partial charge is 0.481 e. The van der Waals surface area contributed by atoms with Crippen molar-refractivity contribution in [1.82, 2.24) is 10.3 Å². The average molecular weight is 269 g/mol. The van der Waals surface area contributed by atoms with E-state index >= 15 is 0 Å². The van der Waals surface area contributed by atoms with Gasteiger partial charge in [0.15, 0.2) is 0 Å². The fourth-order valence-electron chi connectivity index (χ4n) is 1.44. The number of carboxylic acid groups (broad SMARTS) is 1. The van der Waals surface area contributed by atoms with Crippen LogP contribution in [0, 0.1) is 13.8 Å². The summed E-state index contributed by atoms with van der Waals surface area (Å²) < 4.78 is 5.22. The Labute approximate surface area is 111 Å². The van der Waals surface area contributed by atoms with Crippen LogP contribution >= 0.6 is 0 Å². The Morgan fingerprint density at radius 1 is 1.37 bits per heavy atom. The van der Waals surface area contributed by atoms with Crippen LogP contribution < -0.4 is 10.6 Å². The van der Waals surface area contributed by atoms with E-state index in [1.807, 2.05) is 0 Å². The number of amides is 2. The predicted octanol–water partition coefficient (Wildman–Crippen LogP) is 2.06. The first-order chi connectivity index (χ1) is 8.69. The molecule has 7 nitrogen and oxygen atoms in total. The molecule has 7 heteroatoms. The molecular formula is C12H19N3O4. The number of carboxylic acids is 1. The van der Waals surface area contributed by atoms with E-state index in [1.54, 1.807) is 27.7 Å². The Morgan fingerprint density at radius 2 is 2.00 bits per heavy atom. The highest BCUT2D eigenvalue weighted by Gasteiger charge is 2.22. The number of aryl methyl sites for hydroxylation is 2. The SMILES string of the molecule is Cc1nc(NC(=O)NC(C)(C)CCC(=O)O)oc1C. The van der Waals surface area contributed by atoms with Crippen LogP contribution in [-0.4, -0.2) is 27.6 Å². The highest BCUT2D eigenvalue weighted by Crippen LogP contribution is 2.14. The third-order valence-electron chi connectivity index (χ3n) is 2.66. The molecule has 1 aromatic heterocycles. The lowest BCUT2D eigenvalue weighted by atomic mass is 9.99. The van der Waals surface area contributed by atoms with Gasteiger partial charge in [-0.05, 0) is 34.1 Å². The lowest BCUT2D eigenvalue weighted by molar-refractivity contribution is -0.137. The van der Waals surface area contributed by atoms with E-state index in [0.717, 1.165) is 0 Å². The van der Waals surface area contributed by atoms with Crippen LogP contribution in [0.5, 0.6) is 0 Å². The second-order valence-corrected chi connectivity index (χ2v) is 5.02. The number of oxazole rings is 1. The van der Waals surface area contributed by atoms with Crippen molar-refractivity contribution in [3.63, 3.8) is 0 Å². The summed E-state index contributed by atoms with van der Waals surface area (Å²) in [5, 5.41) is 13.8. The standard InChI is InChI=1S/C12H19N3O4/c1-7-8(2)19-11(13-7)14-10(18)15-12(3,4)6-5-9(16)17/h5-6H2,1-4H3,(H,16,17)(H2,13,14,15,18). The zero-order valence-electron chi connectivity index (χ0n) is 11.5. The number of urea groups is 1. The van der Waals surface area contributed by atoms with Gasteiger partial charge in [0.2, 0.25) is 0 Å². The van der Waals surface area contributed by atoms with E-state index in [9.17, 15) is 9.59 Å².